The van der Waals surface area contributed by atoms with Gasteiger partial charge in [0.05, 0.1) is 6.10 Å². The molecular weight excluding hydrogens is 321 g/mol. The lowest BCUT2D eigenvalue weighted by Gasteiger charge is -2.11. The zero-order valence-electron chi connectivity index (χ0n) is 12.4. The first-order valence-corrected chi connectivity index (χ1v) is 7.85. The molecule has 0 aliphatic carbocycles. The zero-order chi connectivity index (χ0) is 15.9. The van der Waals surface area contributed by atoms with Gasteiger partial charge >= 0.3 is 0 Å². The van der Waals surface area contributed by atoms with E-state index in [9.17, 15) is 5.11 Å². The Morgan fingerprint density at radius 2 is 1.73 bits per heavy atom. The summed E-state index contributed by atoms with van der Waals surface area (Å²) in [6.45, 7) is 3.37. The molecule has 0 spiro atoms. The summed E-state index contributed by atoms with van der Waals surface area (Å²) in [5.74, 6) is 0.760. The first-order chi connectivity index (χ1) is 10.6. The van der Waals surface area contributed by atoms with Crippen LogP contribution in [0.15, 0.2) is 42.5 Å². The van der Waals surface area contributed by atoms with Crippen LogP contribution in [0.3, 0.4) is 0 Å². The summed E-state index contributed by atoms with van der Waals surface area (Å²) in [6.07, 6.45) is -0.344. The molecule has 0 aliphatic heterocycles. The van der Waals surface area contributed by atoms with E-state index >= 15 is 0 Å². The summed E-state index contributed by atoms with van der Waals surface area (Å²) in [7, 11) is 0. The molecule has 0 saturated carbocycles. The van der Waals surface area contributed by atoms with E-state index in [0.29, 0.717) is 29.7 Å². The van der Waals surface area contributed by atoms with Gasteiger partial charge in [-0.3, -0.25) is 0 Å². The summed E-state index contributed by atoms with van der Waals surface area (Å²) < 4.78 is 5.72. The van der Waals surface area contributed by atoms with Crippen molar-refractivity contribution in [3.05, 3.63) is 63.6 Å². The maximum absolute atomic E-state index is 9.19. The van der Waals surface area contributed by atoms with E-state index in [0.717, 1.165) is 16.9 Å². The quantitative estimate of drug-likeness (QED) is 0.799. The second kappa shape index (κ2) is 8.39. The Morgan fingerprint density at radius 3 is 2.32 bits per heavy atom. The maximum Gasteiger partial charge on any atom is 0.119 e. The number of aliphatic hydroxyl groups excluding tert-OH is 1. The van der Waals surface area contributed by atoms with Crippen molar-refractivity contribution in [3.63, 3.8) is 0 Å². The van der Waals surface area contributed by atoms with E-state index in [2.05, 4.69) is 5.32 Å². The van der Waals surface area contributed by atoms with E-state index in [4.69, 9.17) is 27.9 Å². The number of rotatable bonds is 7. The molecule has 0 saturated heterocycles. The summed E-state index contributed by atoms with van der Waals surface area (Å²) in [5, 5.41) is 13.6. The molecular formula is C17H19Cl2NO2. The largest absolute Gasteiger partial charge is 0.489 e. The number of halogens is 2. The van der Waals surface area contributed by atoms with Gasteiger partial charge in [-0.25, -0.2) is 0 Å². The van der Waals surface area contributed by atoms with Gasteiger partial charge in [0.1, 0.15) is 12.4 Å². The number of hydrogen-bond acceptors (Lipinski definition) is 3. The molecule has 2 N–H and O–H groups in total. The molecule has 0 aliphatic rings. The Labute approximate surface area is 140 Å². The second-order valence-corrected chi connectivity index (χ2v) is 5.93. The minimum atomic E-state index is -0.344. The predicted molar refractivity (Wildman–Crippen MR) is 90.6 cm³/mol. The van der Waals surface area contributed by atoms with Gasteiger partial charge in [-0.2, -0.15) is 0 Å². The molecule has 2 aromatic rings. The minimum Gasteiger partial charge on any atom is -0.489 e. The predicted octanol–water partition coefficient (Wildman–Crippen LogP) is 4.04. The highest BCUT2D eigenvalue weighted by molar-refractivity contribution is 6.35. The molecule has 118 valence electrons. The number of hydrogen-bond donors (Lipinski definition) is 2. The lowest BCUT2D eigenvalue weighted by atomic mass is 10.2. The monoisotopic (exact) mass is 339 g/mol. The Hall–Kier alpha value is -1.26. The topological polar surface area (TPSA) is 41.5 Å². The molecule has 0 bridgehead atoms. The summed E-state index contributed by atoms with van der Waals surface area (Å²) in [5.41, 5.74) is 1.91. The van der Waals surface area contributed by atoms with Gasteiger partial charge in [0.25, 0.3) is 0 Å². The number of benzene rings is 2. The van der Waals surface area contributed by atoms with Crippen LogP contribution in [0.4, 0.5) is 0 Å². The van der Waals surface area contributed by atoms with Crippen LogP contribution in [0, 0.1) is 0 Å². The normalized spacial score (nSPS) is 12.2. The lowest BCUT2D eigenvalue weighted by molar-refractivity contribution is 0.191. The smallest absolute Gasteiger partial charge is 0.119 e. The fourth-order valence-electron chi connectivity index (χ4n) is 1.95. The standard InChI is InChI=1S/C17H19Cl2NO2/c1-12(21)9-20-10-13-5-7-14(8-6-13)22-11-15-16(18)3-2-4-17(15)19/h2-8,12,20-21H,9-11H2,1H3/t12-/m0/s1. The van der Waals surface area contributed by atoms with E-state index < -0.39 is 0 Å². The molecule has 2 aromatic carbocycles. The van der Waals surface area contributed by atoms with Crippen LogP contribution in [-0.2, 0) is 13.2 Å². The molecule has 0 unspecified atom stereocenters. The highest BCUT2D eigenvalue weighted by Gasteiger charge is 2.06. The van der Waals surface area contributed by atoms with Crippen molar-refractivity contribution in [2.75, 3.05) is 6.54 Å². The van der Waals surface area contributed by atoms with Gasteiger partial charge in [-0.1, -0.05) is 41.4 Å². The number of aliphatic hydroxyl groups is 1. The van der Waals surface area contributed by atoms with Crippen molar-refractivity contribution >= 4 is 23.2 Å². The summed E-state index contributed by atoms with van der Waals surface area (Å²) >= 11 is 12.2. The van der Waals surface area contributed by atoms with Gasteiger partial charge in [0, 0.05) is 28.7 Å². The van der Waals surface area contributed by atoms with Crippen LogP contribution >= 0.6 is 23.2 Å². The van der Waals surface area contributed by atoms with Crippen LogP contribution in [0.2, 0.25) is 10.0 Å². The highest BCUT2D eigenvalue weighted by Crippen LogP contribution is 2.25. The van der Waals surface area contributed by atoms with Crippen molar-refractivity contribution < 1.29 is 9.84 Å². The molecule has 22 heavy (non-hydrogen) atoms. The third kappa shape index (κ3) is 5.18. The summed E-state index contributed by atoms with van der Waals surface area (Å²) in [6, 6.07) is 13.2. The third-order valence-corrected chi connectivity index (χ3v) is 3.85. The van der Waals surface area contributed by atoms with Gasteiger partial charge in [0.15, 0.2) is 0 Å². The van der Waals surface area contributed by atoms with Crippen molar-refractivity contribution in [1.82, 2.24) is 5.32 Å². The van der Waals surface area contributed by atoms with Crippen LogP contribution in [-0.4, -0.2) is 17.8 Å². The Bertz CT molecular complexity index is 580. The highest BCUT2D eigenvalue weighted by atomic mass is 35.5. The number of ether oxygens (including phenoxy) is 1. The Morgan fingerprint density at radius 1 is 1.09 bits per heavy atom. The molecule has 0 aromatic heterocycles. The average molecular weight is 340 g/mol. The van der Waals surface area contributed by atoms with E-state index in [1.165, 1.54) is 0 Å². The van der Waals surface area contributed by atoms with Crippen LogP contribution < -0.4 is 10.1 Å². The maximum atomic E-state index is 9.19. The molecule has 0 fully saturated rings. The second-order valence-electron chi connectivity index (χ2n) is 5.11. The average Bonchev–Trinajstić information content (AvgIpc) is 2.48. The Balaban J connectivity index is 1.89. The molecule has 0 amide bonds. The van der Waals surface area contributed by atoms with Crippen LogP contribution in [0.25, 0.3) is 0 Å². The molecule has 3 nitrogen and oxygen atoms in total. The SMILES string of the molecule is C[C@H](O)CNCc1ccc(OCc2c(Cl)cccc2Cl)cc1. The fraction of sp³-hybridized carbons (Fsp3) is 0.294. The molecule has 1 atom stereocenters. The van der Waals surface area contributed by atoms with Gasteiger partial charge in [-0.05, 0) is 36.8 Å². The van der Waals surface area contributed by atoms with Gasteiger partial charge in [0.2, 0.25) is 0 Å². The van der Waals surface area contributed by atoms with Crippen LogP contribution in [0.5, 0.6) is 5.75 Å². The Kier molecular flexibility index (Phi) is 6.52. The molecule has 5 heteroatoms. The van der Waals surface area contributed by atoms with Crippen LogP contribution in [0.1, 0.15) is 18.1 Å². The lowest BCUT2D eigenvalue weighted by Crippen LogP contribution is -2.23. The number of nitrogens with one attached hydrogen (secondary N) is 1. The van der Waals surface area contributed by atoms with Gasteiger partial charge in [-0.15, -0.1) is 0 Å². The van der Waals surface area contributed by atoms with Crippen molar-refractivity contribution in [2.24, 2.45) is 0 Å². The van der Waals surface area contributed by atoms with Crippen molar-refractivity contribution in [3.8, 4) is 5.75 Å². The van der Waals surface area contributed by atoms with E-state index in [1.54, 1.807) is 19.1 Å². The van der Waals surface area contributed by atoms with Gasteiger partial charge < -0.3 is 15.2 Å². The summed E-state index contributed by atoms with van der Waals surface area (Å²) in [4.78, 5) is 0. The van der Waals surface area contributed by atoms with Crippen molar-refractivity contribution in [2.45, 2.75) is 26.2 Å². The van der Waals surface area contributed by atoms with E-state index in [1.807, 2.05) is 30.3 Å². The van der Waals surface area contributed by atoms with Crippen molar-refractivity contribution in [1.29, 1.82) is 0 Å². The molecule has 0 radical (unpaired) electrons. The first-order valence-electron chi connectivity index (χ1n) is 7.09. The first kappa shape index (κ1) is 17.1. The minimum absolute atomic E-state index is 0.331. The van der Waals surface area contributed by atoms with E-state index in [-0.39, 0.29) is 6.10 Å². The fourth-order valence-corrected chi connectivity index (χ4v) is 2.46. The molecule has 0 heterocycles. The third-order valence-electron chi connectivity index (χ3n) is 3.14. The zero-order valence-corrected chi connectivity index (χ0v) is 13.9. The molecule has 2 rings (SSSR count).